The van der Waals surface area contributed by atoms with Gasteiger partial charge in [-0.2, -0.15) is 14.6 Å². The Bertz CT molecular complexity index is 1700. The first kappa shape index (κ1) is 39.6. The molecule has 0 saturated carbocycles. The van der Waals surface area contributed by atoms with Gasteiger partial charge in [-0.15, -0.1) is 0 Å². The topological polar surface area (TPSA) is 149 Å². The molecule has 14 nitrogen and oxygen atoms in total. The smallest absolute Gasteiger partial charge is 0.242 e. The molecule has 3 aromatic heterocycles. The molecule has 2 fully saturated rings. The summed E-state index contributed by atoms with van der Waals surface area (Å²) in [6.45, 7) is 12.2. The van der Waals surface area contributed by atoms with Crippen LogP contribution in [0.1, 0.15) is 11.1 Å². The van der Waals surface area contributed by atoms with Crippen molar-refractivity contribution in [2.45, 2.75) is 13.0 Å². The number of nitrogens with zero attached hydrogens (tertiary/aromatic N) is 7. The number of benzene rings is 1. The van der Waals surface area contributed by atoms with E-state index in [1.165, 1.54) is 18.5 Å². The van der Waals surface area contributed by atoms with Crippen molar-refractivity contribution in [3.8, 4) is 16.9 Å². The second-order valence-electron chi connectivity index (χ2n) is 12.1. The minimum Gasteiger partial charge on any atom is -0.385 e. The van der Waals surface area contributed by atoms with Gasteiger partial charge in [-0.1, -0.05) is 30.8 Å². The van der Waals surface area contributed by atoms with Crippen LogP contribution in [0.3, 0.4) is 0 Å². The number of methoxy groups -OCH3 is 1. The highest BCUT2D eigenvalue weighted by atomic mass is 19.1. The van der Waals surface area contributed by atoms with Gasteiger partial charge >= 0.3 is 0 Å². The molecule has 4 aromatic rings. The fourth-order valence-corrected chi connectivity index (χ4v) is 5.52. The zero-order valence-corrected chi connectivity index (χ0v) is 30.4. The Kier molecular flexibility index (Phi) is 15.7. The number of piperazine rings is 1. The minimum atomic E-state index is -0.428. The Morgan fingerprint density at radius 2 is 1.88 bits per heavy atom. The maximum absolute atomic E-state index is 12.6. The highest BCUT2D eigenvalue weighted by Crippen LogP contribution is 2.31. The monoisotopic (exact) mass is 715 g/mol. The number of ether oxygens (including phenoxy) is 1. The Labute approximate surface area is 305 Å². The Balaban J connectivity index is 0.000000259. The van der Waals surface area contributed by atoms with Gasteiger partial charge < -0.3 is 35.9 Å². The molecular weight excluding hydrogens is 665 g/mol. The standard InChI is InChI=1S/C24H30N8O.C8H16N2O2.C5H4FN/c1-17-22(29-32(24(17)26-2)20-7-5-4-6-8-20)19-13-18(14-25)23(27-15-19)28-16-21(33)31-11-9-30(3)10-12-31;1-3-9-8-6-10(12-7-8)4-5-11-2;6-5-3-1-2-4-7-5/h4-8,13-15,25-26H,9-12,16H2,1-3H3,(H,27,28);3,8-9H,1,4-7H2,2H3;1-4H/t;8-;/m.1./s1. The van der Waals surface area contributed by atoms with Gasteiger partial charge in [0, 0.05) is 88.7 Å². The summed E-state index contributed by atoms with van der Waals surface area (Å²) in [4.78, 5) is 29.8. The number of rotatable bonds is 12. The predicted octanol–water partition coefficient (Wildman–Crippen LogP) is 3.67. The first-order valence-electron chi connectivity index (χ1n) is 17.1. The van der Waals surface area contributed by atoms with E-state index in [2.05, 4.69) is 44.4 Å². The van der Waals surface area contributed by atoms with Gasteiger partial charge in [0.05, 0.1) is 37.2 Å². The lowest BCUT2D eigenvalue weighted by Gasteiger charge is -2.32. The Hall–Kier alpha value is -5.22. The third-order valence-electron chi connectivity index (χ3n) is 8.38. The number of nitrogens with one attached hydrogen (secondary N) is 4. The summed E-state index contributed by atoms with van der Waals surface area (Å²) in [7, 11) is 5.63. The van der Waals surface area contributed by atoms with Gasteiger partial charge in [-0.3, -0.25) is 9.63 Å². The fraction of sp³-hybridized carbons (Fsp3) is 0.378. The summed E-state index contributed by atoms with van der Waals surface area (Å²) >= 11 is 0. The molecule has 0 radical (unpaired) electrons. The summed E-state index contributed by atoms with van der Waals surface area (Å²) in [5.41, 5.74) is 4.16. The number of halogens is 1. The number of para-hydroxylation sites is 1. The Morgan fingerprint density at radius 3 is 2.50 bits per heavy atom. The largest absolute Gasteiger partial charge is 0.385 e. The number of hydrogen-bond acceptors (Lipinski definition) is 12. The van der Waals surface area contributed by atoms with Gasteiger partial charge in [0.15, 0.2) is 0 Å². The third kappa shape index (κ3) is 11.4. The third-order valence-corrected chi connectivity index (χ3v) is 8.38. The van der Waals surface area contributed by atoms with Crippen molar-refractivity contribution in [3.05, 3.63) is 96.8 Å². The zero-order valence-electron chi connectivity index (χ0n) is 30.4. The molecule has 1 amide bonds. The van der Waals surface area contributed by atoms with Gasteiger partial charge in [0.1, 0.15) is 11.6 Å². The normalized spacial score (nSPS) is 15.8. The molecule has 52 heavy (non-hydrogen) atoms. The summed E-state index contributed by atoms with van der Waals surface area (Å²) in [6, 6.07) is 16.8. The van der Waals surface area contributed by atoms with Crippen molar-refractivity contribution in [3.63, 3.8) is 0 Å². The van der Waals surface area contributed by atoms with Gasteiger partial charge in [-0.05, 0) is 50.5 Å². The molecule has 0 aliphatic carbocycles. The molecule has 2 saturated heterocycles. The number of anilines is 2. The summed E-state index contributed by atoms with van der Waals surface area (Å²) < 4.78 is 18.6. The van der Waals surface area contributed by atoms with E-state index in [4.69, 9.17) is 20.1 Å². The van der Waals surface area contributed by atoms with Gasteiger partial charge in [0.25, 0.3) is 0 Å². The van der Waals surface area contributed by atoms with E-state index in [9.17, 15) is 9.18 Å². The second-order valence-corrected chi connectivity index (χ2v) is 12.1. The average molecular weight is 716 g/mol. The van der Waals surface area contributed by atoms with Crippen LogP contribution in [0.2, 0.25) is 0 Å². The maximum Gasteiger partial charge on any atom is 0.242 e. The number of amides is 1. The molecule has 2 aliphatic heterocycles. The molecule has 1 aromatic carbocycles. The van der Waals surface area contributed by atoms with Crippen LogP contribution < -0.4 is 16.0 Å². The first-order chi connectivity index (χ1) is 25.3. The van der Waals surface area contributed by atoms with E-state index < -0.39 is 5.95 Å². The molecule has 278 valence electrons. The molecule has 0 spiro atoms. The van der Waals surface area contributed by atoms with E-state index >= 15 is 0 Å². The second kappa shape index (κ2) is 20.6. The van der Waals surface area contributed by atoms with E-state index in [0.717, 1.165) is 74.2 Å². The molecule has 2 aliphatic rings. The lowest BCUT2D eigenvalue weighted by atomic mass is 10.1. The predicted molar refractivity (Wildman–Crippen MR) is 202 cm³/mol. The van der Waals surface area contributed by atoms with E-state index in [0.29, 0.717) is 24.0 Å². The fourth-order valence-electron chi connectivity index (χ4n) is 5.52. The van der Waals surface area contributed by atoms with Crippen LogP contribution in [-0.2, 0) is 14.4 Å². The van der Waals surface area contributed by atoms with Crippen molar-refractivity contribution in [1.82, 2.24) is 39.9 Å². The van der Waals surface area contributed by atoms with Gasteiger partial charge in [-0.25, -0.2) is 14.6 Å². The molecule has 15 heteroatoms. The van der Waals surface area contributed by atoms with Crippen molar-refractivity contribution in [1.29, 1.82) is 5.41 Å². The van der Waals surface area contributed by atoms with Crippen LogP contribution in [0.4, 0.5) is 16.0 Å². The van der Waals surface area contributed by atoms with Crippen LogP contribution in [0.5, 0.6) is 0 Å². The number of carbonyl (C=O) groups is 1. The summed E-state index contributed by atoms with van der Waals surface area (Å²) in [5, 5.41) is 24.1. The number of aromatic nitrogens is 4. The highest BCUT2D eigenvalue weighted by molar-refractivity contribution is 5.89. The molecular formula is C37H50FN11O3. The van der Waals surface area contributed by atoms with Crippen LogP contribution in [-0.4, -0.2) is 133 Å². The summed E-state index contributed by atoms with van der Waals surface area (Å²) in [5.74, 6) is 1.03. The lowest BCUT2D eigenvalue weighted by molar-refractivity contribution is -0.130. The maximum atomic E-state index is 12.6. The van der Waals surface area contributed by atoms with Gasteiger partial charge in [0.2, 0.25) is 11.9 Å². The van der Waals surface area contributed by atoms with Crippen molar-refractivity contribution >= 4 is 23.8 Å². The molecule has 0 bridgehead atoms. The van der Waals surface area contributed by atoms with Crippen LogP contribution >= 0.6 is 0 Å². The Morgan fingerprint density at radius 1 is 1.13 bits per heavy atom. The first-order valence-corrected chi connectivity index (χ1v) is 17.1. The number of carbonyl (C=O) groups excluding carboxylic acids is 1. The molecule has 0 unspecified atom stereocenters. The van der Waals surface area contributed by atoms with Crippen molar-refractivity contribution < 1.29 is 18.8 Å². The van der Waals surface area contributed by atoms with Crippen LogP contribution in [0.25, 0.3) is 16.9 Å². The SMILES string of the molecule is C=CN[C@H]1CON(CCOC)C1.CNc1c(C)c(-c2cnc(NCC(=O)N3CCN(C)CC3)c(C=N)c2)nn1-c1ccccc1.Fc1ccccn1. The van der Waals surface area contributed by atoms with E-state index in [1.807, 2.05) is 65.0 Å². The number of hydroxylamine groups is 2. The van der Waals surface area contributed by atoms with Crippen LogP contribution in [0, 0.1) is 18.3 Å². The van der Waals surface area contributed by atoms with E-state index in [-0.39, 0.29) is 12.5 Å². The van der Waals surface area contributed by atoms with Crippen molar-refractivity contribution in [2.24, 2.45) is 0 Å². The molecule has 6 rings (SSSR count). The summed E-state index contributed by atoms with van der Waals surface area (Å²) in [6.07, 6.45) is 6.10. The molecule has 1 atom stereocenters. The number of hydrogen-bond donors (Lipinski definition) is 4. The number of likely N-dealkylation sites (N-methyl/N-ethyl adjacent to an activating group) is 1. The highest BCUT2D eigenvalue weighted by Gasteiger charge is 2.22. The molecule has 5 heterocycles. The van der Waals surface area contributed by atoms with Crippen molar-refractivity contribution in [2.75, 3.05) is 90.9 Å². The zero-order chi connectivity index (χ0) is 37.3. The van der Waals surface area contributed by atoms with Crippen LogP contribution in [0.15, 0.2) is 79.8 Å². The number of pyridine rings is 2. The minimum absolute atomic E-state index is 0.0426. The molecule has 4 N–H and O–H groups in total. The lowest BCUT2D eigenvalue weighted by Crippen LogP contribution is -2.48. The quantitative estimate of drug-likeness (QED) is 0.126. The average Bonchev–Trinajstić information content (AvgIpc) is 3.77. The van der Waals surface area contributed by atoms with E-state index in [1.54, 1.807) is 31.6 Å².